The smallest absolute Gasteiger partial charge is 0.271 e. The van der Waals surface area contributed by atoms with Gasteiger partial charge in [-0.15, -0.1) is 0 Å². The molecule has 1 aliphatic rings. The molecule has 2 aromatic rings. The SMILES string of the molecule is Cc1ccn2cc(C(=O)NC[C@H](C(C)C)N3CCOCC3)nc2c1. The van der Waals surface area contributed by atoms with E-state index in [1.165, 1.54) is 0 Å². The summed E-state index contributed by atoms with van der Waals surface area (Å²) < 4.78 is 7.30. The number of hydrogen-bond acceptors (Lipinski definition) is 4. The van der Waals surface area contributed by atoms with Gasteiger partial charge in [0.1, 0.15) is 11.3 Å². The van der Waals surface area contributed by atoms with Crippen molar-refractivity contribution in [1.82, 2.24) is 19.6 Å². The van der Waals surface area contributed by atoms with Gasteiger partial charge in [-0.2, -0.15) is 0 Å². The second-order valence-corrected chi connectivity index (χ2v) is 6.77. The number of aryl methyl sites for hydroxylation is 1. The van der Waals surface area contributed by atoms with Crippen LogP contribution in [-0.2, 0) is 4.74 Å². The highest BCUT2D eigenvalue weighted by atomic mass is 16.5. The molecule has 0 saturated carbocycles. The van der Waals surface area contributed by atoms with Gasteiger partial charge in [-0.1, -0.05) is 13.8 Å². The van der Waals surface area contributed by atoms with E-state index in [2.05, 4.69) is 29.0 Å². The first-order chi connectivity index (χ1) is 11.5. The summed E-state index contributed by atoms with van der Waals surface area (Å²) in [5, 5.41) is 3.06. The van der Waals surface area contributed by atoms with Crippen LogP contribution < -0.4 is 5.32 Å². The number of aromatic nitrogens is 2. The fourth-order valence-corrected chi connectivity index (χ4v) is 3.18. The molecule has 1 atom stereocenters. The van der Waals surface area contributed by atoms with Gasteiger partial charge in [0, 0.05) is 38.1 Å². The minimum absolute atomic E-state index is 0.115. The van der Waals surface area contributed by atoms with Crippen molar-refractivity contribution in [3.05, 3.63) is 35.8 Å². The normalized spacial score (nSPS) is 17.3. The van der Waals surface area contributed by atoms with E-state index >= 15 is 0 Å². The second-order valence-electron chi connectivity index (χ2n) is 6.77. The number of ether oxygens (including phenoxy) is 1. The molecule has 3 heterocycles. The van der Waals surface area contributed by atoms with E-state index in [1.54, 1.807) is 6.20 Å². The Morgan fingerprint density at radius 1 is 1.38 bits per heavy atom. The number of imidazole rings is 1. The summed E-state index contributed by atoms with van der Waals surface area (Å²) in [5.74, 6) is 0.349. The van der Waals surface area contributed by atoms with Crippen molar-refractivity contribution in [3.63, 3.8) is 0 Å². The highest BCUT2D eigenvalue weighted by Gasteiger charge is 2.24. The number of fused-ring (bicyclic) bond motifs is 1. The molecule has 6 heteroatoms. The highest BCUT2D eigenvalue weighted by molar-refractivity contribution is 5.92. The van der Waals surface area contributed by atoms with Crippen LogP contribution in [0.3, 0.4) is 0 Å². The molecular formula is C18H26N4O2. The second kappa shape index (κ2) is 7.32. The summed E-state index contributed by atoms with van der Waals surface area (Å²) in [6.07, 6.45) is 3.71. The van der Waals surface area contributed by atoms with Gasteiger partial charge in [-0.3, -0.25) is 9.69 Å². The number of nitrogens with one attached hydrogen (secondary N) is 1. The van der Waals surface area contributed by atoms with E-state index in [1.807, 2.05) is 29.7 Å². The Hall–Kier alpha value is -1.92. The molecule has 1 amide bonds. The third-order valence-electron chi connectivity index (χ3n) is 4.60. The zero-order valence-electron chi connectivity index (χ0n) is 14.7. The maximum absolute atomic E-state index is 12.5. The van der Waals surface area contributed by atoms with Gasteiger partial charge in [-0.05, 0) is 30.5 Å². The summed E-state index contributed by atoms with van der Waals surface area (Å²) in [5.41, 5.74) is 2.39. The number of morpholine rings is 1. The van der Waals surface area contributed by atoms with E-state index < -0.39 is 0 Å². The molecule has 2 aromatic heterocycles. The summed E-state index contributed by atoms with van der Waals surface area (Å²) in [6.45, 7) is 10.4. The maximum atomic E-state index is 12.5. The third-order valence-corrected chi connectivity index (χ3v) is 4.60. The Morgan fingerprint density at radius 3 is 2.83 bits per heavy atom. The minimum Gasteiger partial charge on any atom is -0.379 e. The van der Waals surface area contributed by atoms with Crippen LogP contribution in [0.25, 0.3) is 5.65 Å². The van der Waals surface area contributed by atoms with Crippen molar-refractivity contribution >= 4 is 11.6 Å². The van der Waals surface area contributed by atoms with Gasteiger partial charge in [0.2, 0.25) is 0 Å². The molecular weight excluding hydrogens is 304 g/mol. The molecule has 0 aliphatic carbocycles. The number of hydrogen-bond donors (Lipinski definition) is 1. The van der Waals surface area contributed by atoms with Crippen LogP contribution in [0.15, 0.2) is 24.5 Å². The molecule has 0 bridgehead atoms. The Bertz CT molecular complexity index is 704. The molecule has 130 valence electrons. The van der Waals surface area contributed by atoms with Gasteiger partial charge in [0.05, 0.1) is 13.2 Å². The predicted octanol–water partition coefficient (Wildman–Crippen LogP) is 1.73. The first-order valence-electron chi connectivity index (χ1n) is 8.60. The topological polar surface area (TPSA) is 58.9 Å². The fraction of sp³-hybridized carbons (Fsp3) is 0.556. The maximum Gasteiger partial charge on any atom is 0.271 e. The molecule has 6 nitrogen and oxygen atoms in total. The van der Waals surface area contributed by atoms with Crippen molar-refractivity contribution in [2.24, 2.45) is 5.92 Å². The van der Waals surface area contributed by atoms with Crippen LogP contribution >= 0.6 is 0 Å². The largest absolute Gasteiger partial charge is 0.379 e. The van der Waals surface area contributed by atoms with Crippen LogP contribution in [0, 0.1) is 12.8 Å². The number of nitrogens with zero attached hydrogens (tertiary/aromatic N) is 3. The molecule has 1 N–H and O–H groups in total. The van der Waals surface area contributed by atoms with Crippen LogP contribution in [0.4, 0.5) is 0 Å². The van der Waals surface area contributed by atoms with Crippen molar-refractivity contribution in [2.75, 3.05) is 32.8 Å². The van der Waals surface area contributed by atoms with Crippen LogP contribution in [0.2, 0.25) is 0 Å². The van der Waals surface area contributed by atoms with E-state index in [4.69, 9.17) is 4.74 Å². The van der Waals surface area contributed by atoms with E-state index in [9.17, 15) is 4.79 Å². The summed E-state index contributed by atoms with van der Waals surface area (Å²) >= 11 is 0. The fourth-order valence-electron chi connectivity index (χ4n) is 3.18. The Balaban J connectivity index is 1.65. The molecule has 1 fully saturated rings. The Morgan fingerprint density at radius 2 is 2.12 bits per heavy atom. The first kappa shape index (κ1) is 16.9. The van der Waals surface area contributed by atoms with Gasteiger partial charge >= 0.3 is 0 Å². The lowest BCUT2D eigenvalue weighted by Crippen LogP contribution is -2.51. The average molecular weight is 330 g/mol. The number of carbonyl (C=O) groups is 1. The molecule has 3 rings (SSSR count). The molecule has 1 saturated heterocycles. The Labute approximate surface area is 142 Å². The molecule has 0 aromatic carbocycles. The van der Waals surface area contributed by atoms with Crippen LogP contribution in [-0.4, -0.2) is 59.1 Å². The number of pyridine rings is 1. The lowest BCUT2D eigenvalue weighted by atomic mass is 10.0. The summed E-state index contributed by atoms with van der Waals surface area (Å²) in [6, 6.07) is 4.29. The lowest BCUT2D eigenvalue weighted by molar-refractivity contribution is 0.00671. The van der Waals surface area contributed by atoms with Gasteiger partial charge < -0.3 is 14.5 Å². The number of carbonyl (C=O) groups excluding carboxylic acids is 1. The lowest BCUT2D eigenvalue weighted by Gasteiger charge is -2.36. The molecule has 0 radical (unpaired) electrons. The standard InChI is InChI=1S/C18H26N4O2/c1-13(2)16(21-6-8-24-9-7-21)11-19-18(23)15-12-22-5-4-14(3)10-17(22)20-15/h4-5,10,12-13,16H,6-9,11H2,1-3H3,(H,19,23)/t16-/m1/s1. The van der Waals surface area contributed by atoms with Crippen LogP contribution in [0.5, 0.6) is 0 Å². The third kappa shape index (κ3) is 3.76. The molecule has 1 aliphatic heterocycles. The van der Waals surface area contributed by atoms with Gasteiger partial charge in [0.15, 0.2) is 0 Å². The minimum atomic E-state index is -0.115. The molecule has 0 spiro atoms. The van der Waals surface area contributed by atoms with E-state index in [-0.39, 0.29) is 5.91 Å². The summed E-state index contributed by atoms with van der Waals surface area (Å²) in [7, 11) is 0. The average Bonchev–Trinajstić information content (AvgIpc) is 2.98. The van der Waals surface area contributed by atoms with Crippen molar-refractivity contribution in [3.8, 4) is 0 Å². The molecule has 24 heavy (non-hydrogen) atoms. The Kier molecular flexibility index (Phi) is 5.16. The van der Waals surface area contributed by atoms with Gasteiger partial charge in [-0.25, -0.2) is 4.98 Å². The zero-order valence-corrected chi connectivity index (χ0v) is 14.7. The van der Waals surface area contributed by atoms with E-state index in [0.717, 1.165) is 37.5 Å². The van der Waals surface area contributed by atoms with Crippen molar-refractivity contribution in [2.45, 2.75) is 26.8 Å². The molecule has 0 unspecified atom stereocenters. The first-order valence-corrected chi connectivity index (χ1v) is 8.60. The summed E-state index contributed by atoms with van der Waals surface area (Å²) in [4.78, 5) is 19.3. The number of amides is 1. The quantitative estimate of drug-likeness (QED) is 0.907. The van der Waals surface area contributed by atoms with E-state index in [0.29, 0.717) is 24.2 Å². The van der Waals surface area contributed by atoms with Crippen molar-refractivity contribution in [1.29, 1.82) is 0 Å². The number of rotatable bonds is 5. The predicted molar refractivity (Wildman–Crippen MR) is 93.3 cm³/mol. The zero-order chi connectivity index (χ0) is 17.1. The monoisotopic (exact) mass is 330 g/mol. The van der Waals surface area contributed by atoms with Crippen LogP contribution in [0.1, 0.15) is 29.9 Å². The van der Waals surface area contributed by atoms with Crippen molar-refractivity contribution < 1.29 is 9.53 Å². The van der Waals surface area contributed by atoms with Gasteiger partial charge in [0.25, 0.3) is 5.91 Å². The highest BCUT2D eigenvalue weighted by Crippen LogP contribution is 2.13.